The molecule has 13 heavy (non-hydrogen) atoms. The predicted molar refractivity (Wildman–Crippen MR) is 55.4 cm³/mol. The zero-order chi connectivity index (χ0) is 9.68. The highest BCUT2D eigenvalue weighted by atomic mass is 32.2. The Kier molecular flexibility index (Phi) is 3.58. The van der Waals surface area contributed by atoms with Crippen molar-refractivity contribution in [3.05, 3.63) is 41.3 Å². The molecule has 1 aromatic rings. The van der Waals surface area contributed by atoms with Crippen LogP contribution in [-0.4, -0.2) is 5.91 Å². The molecule has 0 aliphatic heterocycles. The van der Waals surface area contributed by atoms with Gasteiger partial charge in [0.25, 0.3) is 0 Å². The Morgan fingerprint density at radius 2 is 2.15 bits per heavy atom. The molecule has 0 aromatic heterocycles. The summed E-state index contributed by atoms with van der Waals surface area (Å²) >= 11 is 1.49. The first-order chi connectivity index (χ1) is 6.20. The quantitative estimate of drug-likeness (QED) is 0.590. The number of thioether (sulfide) groups is 1. The average molecular weight is 193 g/mol. The summed E-state index contributed by atoms with van der Waals surface area (Å²) in [5.41, 5.74) is 6.15. The maximum Gasteiger partial charge on any atom is 0.241 e. The summed E-state index contributed by atoms with van der Waals surface area (Å²) in [5.74, 6) is -0.416. The van der Waals surface area contributed by atoms with E-state index >= 15 is 0 Å². The second-order valence-electron chi connectivity index (χ2n) is 2.59. The van der Waals surface area contributed by atoms with E-state index in [1.54, 1.807) is 5.41 Å². The summed E-state index contributed by atoms with van der Waals surface area (Å²) in [6.45, 7) is 2.03. The van der Waals surface area contributed by atoms with Crippen LogP contribution in [0, 0.1) is 6.92 Å². The van der Waals surface area contributed by atoms with Crippen LogP contribution in [0.1, 0.15) is 5.56 Å². The minimum atomic E-state index is -0.416. The molecular formula is C10H11NOS. The summed E-state index contributed by atoms with van der Waals surface area (Å²) in [4.78, 5) is 11.5. The Balaban J connectivity index is 2.64. The lowest BCUT2D eigenvalue weighted by Gasteiger charge is -1.99. The van der Waals surface area contributed by atoms with Gasteiger partial charge in [0.05, 0.1) is 0 Å². The summed E-state index contributed by atoms with van der Waals surface area (Å²) in [6.07, 6.45) is 1.36. The number of amides is 1. The van der Waals surface area contributed by atoms with Crippen LogP contribution < -0.4 is 5.73 Å². The normalized spacial score (nSPS) is 10.5. The van der Waals surface area contributed by atoms with E-state index in [1.165, 1.54) is 23.4 Å². The van der Waals surface area contributed by atoms with E-state index in [0.29, 0.717) is 0 Å². The van der Waals surface area contributed by atoms with Crippen LogP contribution in [-0.2, 0) is 4.79 Å². The number of aryl methyl sites for hydroxylation is 1. The van der Waals surface area contributed by atoms with Gasteiger partial charge in [0.15, 0.2) is 0 Å². The first-order valence-corrected chi connectivity index (χ1v) is 4.76. The zero-order valence-corrected chi connectivity index (χ0v) is 8.17. The van der Waals surface area contributed by atoms with Crippen LogP contribution >= 0.6 is 11.8 Å². The molecule has 0 aliphatic rings. The van der Waals surface area contributed by atoms with E-state index in [-0.39, 0.29) is 0 Å². The summed E-state index contributed by atoms with van der Waals surface area (Å²) in [5, 5.41) is 1.70. The highest BCUT2D eigenvalue weighted by molar-refractivity contribution is 8.02. The Hall–Kier alpha value is -1.22. The van der Waals surface area contributed by atoms with Gasteiger partial charge in [-0.1, -0.05) is 30.0 Å². The number of carbonyl (C=O) groups excluding carboxylic acids is 1. The molecule has 0 spiro atoms. The standard InChI is InChI=1S/C10H11NOS/c1-8-4-2-3-5-9(8)13-7-6-10(11)12/h2-7H,1H3,(H2,11,12)/b7-6+. The number of hydrogen-bond donors (Lipinski definition) is 1. The van der Waals surface area contributed by atoms with Crippen LogP contribution in [0.4, 0.5) is 0 Å². The van der Waals surface area contributed by atoms with E-state index < -0.39 is 5.91 Å². The van der Waals surface area contributed by atoms with E-state index in [9.17, 15) is 4.79 Å². The monoisotopic (exact) mass is 193 g/mol. The fourth-order valence-corrected chi connectivity index (χ4v) is 1.62. The van der Waals surface area contributed by atoms with E-state index in [2.05, 4.69) is 0 Å². The second-order valence-corrected chi connectivity index (χ2v) is 3.54. The zero-order valence-electron chi connectivity index (χ0n) is 7.36. The van der Waals surface area contributed by atoms with Gasteiger partial charge in [0.1, 0.15) is 0 Å². The molecule has 0 saturated heterocycles. The number of hydrogen-bond acceptors (Lipinski definition) is 2. The van der Waals surface area contributed by atoms with Crippen molar-refractivity contribution in [1.82, 2.24) is 0 Å². The van der Waals surface area contributed by atoms with Crippen molar-refractivity contribution in [2.24, 2.45) is 5.73 Å². The van der Waals surface area contributed by atoms with Gasteiger partial charge in [0.2, 0.25) is 5.91 Å². The number of primary amides is 1. The van der Waals surface area contributed by atoms with Gasteiger partial charge in [-0.15, -0.1) is 0 Å². The summed E-state index contributed by atoms with van der Waals surface area (Å²) in [7, 11) is 0. The van der Waals surface area contributed by atoms with Gasteiger partial charge in [-0.05, 0) is 24.0 Å². The van der Waals surface area contributed by atoms with Crippen molar-refractivity contribution in [2.75, 3.05) is 0 Å². The van der Waals surface area contributed by atoms with Crippen molar-refractivity contribution in [1.29, 1.82) is 0 Å². The molecule has 68 valence electrons. The molecule has 0 saturated carbocycles. The van der Waals surface area contributed by atoms with Gasteiger partial charge in [-0.3, -0.25) is 4.79 Å². The van der Waals surface area contributed by atoms with Crippen LogP contribution in [0.2, 0.25) is 0 Å². The minimum Gasteiger partial charge on any atom is -0.366 e. The maximum atomic E-state index is 10.4. The molecule has 2 N–H and O–H groups in total. The molecule has 0 radical (unpaired) electrons. The highest BCUT2D eigenvalue weighted by Crippen LogP contribution is 2.22. The summed E-state index contributed by atoms with van der Waals surface area (Å²) in [6, 6.07) is 7.98. The fraction of sp³-hybridized carbons (Fsp3) is 0.100. The lowest BCUT2D eigenvalue weighted by Crippen LogP contribution is -2.04. The van der Waals surface area contributed by atoms with Crippen LogP contribution in [0.25, 0.3) is 0 Å². The molecular weight excluding hydrogens is 182 g/mol. The smallest absolute Gasteiger partial charge is 0.241 e. The fourth-order valence-electron chi connectivity index (χ4n) is 0.863. The Bertz CT molecular complexity index is 333. The Labute approximate surface area is 81.8 Å². The third kappa shape index (κ3) is 3.34. The van der Waals surface area contributed by atoms with Crippen molar-refractivity contribution in [2.45, 2.75) is 11.8 Å². The number of rotatable bonds is 3. The van der Waals surface area contributed by atoms with Crippen molar-refractivity contribution in [3.8, 4) is 0 Å². The van der Waals surface area contributed by atoms with Gasteiger partial charge < -0.3 is 5.73 Å². The van der Waals surface area contributed by atoms with Crippen LogP contribution in [0.3, 0.4) is 0 Å². The SMILES string of the molecule is Cc1ccccc1S/C=C/C(N)=O. The Morgan fingerprint density at radius 1 is 1.46 bits per heavy atom. The maximum absolute atomic E-state index is 10.4. The molecule has 0 unspecified atom stereocenters. The molecule has 2 nitrogen and oxygen atoms in total. The molecule has 0 atom stereocenters. The van der Waals surface area contributed by atoms with Crippen molar-refractivity contribution < 1.29 is 4.79 Å². The van der Waals surface area contributed by atoms with E-state index in [4.69, 9.17) is 5.73 Å². The van der Waals surface area contributed by atoms with E-state index in [0.717, 1.165) is 4.90 Å². The number of nitrogens with two attached hydrogens (primary N) is 1. The molecule has 0 fully saturated rings. The van der Waals surface area contributed by atoms with Gasteiger partial charge in [-0.25, -0.2) is 0 Å². The topological polar surface area (TPSA) is 43.1 Å². The lowest BCUT2D eigenvalue weighted by molar-refractivity contribution is -0.113. The van der Waals surface area contributed by atoms with Gasteiger partial charge >= 0.3 is 0 Å². The molecule has 0 bridgehead atoms. The molecule has 3 heteroatoms. The van der Waals surface area contributed by atoms with Crippen molar-refractivity contribution >= 4 is 17.7 Å². The third-order valence-electron chi connectivity index (χ3n) is 1.52. The first kappa shape index (κ1) is 9.86. The molecule has 0 aliphatic carbocycles. The third-order valence-corrected chi connectivity index (χ3v) is 2.51. The number of benzene rings is 1. The lowest BCUT2D eigenvalue weighted by atomic mass is 10.2. The molecule has 0 heterocycles. The molecule has 1 rings (SSSR count). The second kappa shape index (κ2) is 4.72. The van der Waals surface area contributed by atoms with Crippen LogP contribution in [0.5, 0.6) is 0 Å². The summed E-state index contributed by atoms with van der Waals surface area (Å²) < 4.78 is 0. The number of carbonyl (C=O) groups is 1. The van der Waals surface area contributed by atoms with Gasteiger partial charge in [-0.2, -0.15) is 0 Å². The highest BCUT2D eigenvalue weighted by Gasteiger charge is 1.93. The average Bonchev–Trinajstić information content (AvgIpc) is 2.08. The predicted octanol–water partition coefficient (Wildman–Crippen LogP) is 2.09. The molecule has 1 aromatic carbocycles. The molecule has 1 amide bonds. The van der Waals surface area contributed by atoms with Crippen LogP contribution in [0.15, 0.2) is 40.6 Å². The van der Waals surface area contributed by atoms with Crippen molar-refractivity contribution in [3.63, 3.8) is 0 Å². The van der Waals surface area contributed by atoms with E-state index in [1.807, 2.05) is 31.2 Å². The van der Waals surface area contributed by atoms with Gasteiger partial charge in [0, 0.05) is 11.0 Å². The Morgan fingerprint density at radius 3 is 2.77 bits per heavy atom. The minimum absolute atomic E-state index is 0.416. The first-order valence-electron chi connectivity index (χ1n) is 3.88. The largest absolute Gasteiger partial charge is 0.366 e.